The lowest BCUT2D eigenvalue weighted by Gasteiger charge is -2.18. The molecule has 0 unspecified atom stereocenters. The fourth-order valence-corrected chi connectivity index (χ4v) is 3.91. The standard InChI is InChI=1S/C24H20F3N5O2/c1-4-19(15-6-5-7-16(20(15)25)21(26)27)30-22-18-10-17(14-8-9-32(11-14)13(2)33)24(34)31(3)23(18)29-12-28-22/h1,5-8,10,12,19,21H,9,11H2,2-3H3,(H,28,29,30)/t19-/m1/s1. The molecule has 0 spiro atoms. The molecule has 2 aromatic heterocycles. The van der Waals surface area contributed by atoms with Gasteiger partial charge in [-0.05, 0) is 11.6 Å². The van der Waals surface area contributed by atoms with Crippen molar-refractivity contribution in [3.8, 4) is 12.3 Å². The predicted octanol–water partition coefficient (Wildman–Crippen LogP) is 3.44. The van der Waals surface area contributed by atoms with Crippen LogP contribution < -0.4 is 10.9 Å². The number of terminal acetylenes is 1. The second-order valence-electron chi connectivity index (χ2n) is 7.81. The van der Waals surface area contributed by atoms with Crippen molar-refractivity contribution in [2.75, 3.05) is 18.4 Å². The molecule has 3 aromatic rings. The van der Waals surface area contributed by atoms with Crippen LogP contribution in [-0.2, 0) is 11.8 Å². The van der Waals surface area contributed by atoms with Gasteiger partial charge in [-0.1, -0.05) is 30.2 Å². The molecule has 3 heterocycles. The number of halogens is 3. The molecule has 34 heavy (non-hydrogen) atoms. The molecule has 1 aromatic carbocycles. The highest BCUT2D eigenvalue weighted by atomic mass is 19.3. The number of amides is 1. The topological polar surface area (TPSA) is 80.1 Å². The second kappa shape index (κ2) is 9.02. The van der Waals surface area contributed by atoms with Gasteiger partial charge in [0.15, 0.2) is 0 Å². The van der Waals surface area contributed by atoms with Crippen LogP contribution in [0.1, 0.15) is 36.1 Å². The smallest absolute Gasteiger partial charge is 0.266 e. The van der Waals surface area contributed by atoms with Crippen molar-refractivity contribution in [1.29, 1.82) is 0 Å². The molecule has 0 radical (unpaired) electrons. The summed E-state index contributed by atoms with van der Waals surface area (Å²) >= 11 is 0. The Balaban J connectivity index is 1.79. The first-order chi connectivity index (χ1) is 16.2. The summed E-state index contributed by atoms with van der Waals surface area (Å²) in [4.78, 5) is 34.7. The number of fused-ring (bicyclic) bond motifs is 1. The average molecular weight is 467 g/mol. The largest absolute Gasteiger partial charge is 0.352 e. The van der Waals surface area contributed by atoms with Gasteiger partial charge in [0, 0.05) is 38.2 Å². The van der Waals surface area contributed by atoms with E-state index in [0.717, 1.165) is 6.07 Å². The molecule has 174 valence electrons. The fraction of sp³-hybridized carbons (Fsp3) is 0.250. The van der Waals surface area contributed by atoms with Gasteiger partial charge in [0.25, 0.3) is 12.0 Å². The zero-order valence-electron chi connectivity index (χ0n) is 18.3. The van der Waals surface area contributed by atoms with Crippen molar-refractivity contribution in [1.82, 2.24) is 19.4 Å². The molecule has 1 N–H and O–H groups in total. The SMILES string of the molecule is C#C[C@@H](Nc1ncnc2c1cc(C1=CCN(C(C)=O)C1)c(=O)n2C)c1cccc(C(F)F)c1F. The number of nitrogens with one attached hydrogen (secondary N) is 1. The number of nitrogens with zero attached hydrogens (tertiary/aromatic N) is 4. The normalized spacial score (nSPS) is 14.3. The van der Waals surface area contributed by atoms with Crippen molar-refractivity contribution in [2.45, 2.75) is 19.4 Å². The van der Waals surface area contributed by atoms with Gasteiger partial charge in [0.2, 0.25) is 5.91 Å². The van der Waals surface area contributed by atoms with Gasteiger partial charge in [0.05, 0.1) is 10.9 Å². The third-order valence-electron chi connectivity index (χ3n) is 5.77. The summed E-state index contributed by atoms with van der Waals surface area (Å²) in [6, 6.07) is 4.10. The monoisotopic (exact) mass is 467 g/mol. The lowest BCUT2D eigenvalue weighted by molar-refractivity contribution is -0.127. The number of anilines is 1. The molecule has 0 saturated heterocycles. The molecule has 4 rings (SSSR count). The van der Waals surface area contributed by atoms with Gasteiger partial charge < -0.3 is 10.2 Å². The zero-order valence-corrected chi connectivity index (χ0v) is 18.3. The Morgan fingerprint density at radius 2 is 2.00 bits per heavy atom. The Labute approximate surface area is 192 Å². The quantitative estimate of drug-likeness (QED) is 0.582. The molecule has 0 aliphatic carbocycles. The van der Waals surface area contributed by atoms with Gasteiger partial charge in [-0.2, -0.15) is 0 Å². The van der Waals surface area contributed by atoms with Crippen molar-refractivity contribution >= 4 is 28.3 Å². The summed E-state index contributed by atoms with van der Waals surface area (Å²) in [6.45, 7) is 2.12. The molecule has 1 atom stereocenters. The minimum absolute atomic E-state index is 0.112. The predicted molar refractivity (Wildman–Crippen MR) is 122 cm³/mol. The minimum atomic E-state index is -3.00. The molecule has 0 bridgehead atoms. The maximum Gasteiger partial charge on any atom is 0.266 e. The number of hydrogen-bond donors (Lipinski definition) is 1. The van der Waals surface area contributed by atoms with Gasteiger partial charge in [0.1, 0.15) is 29.7 Å². The van der Waals surface area contributed by atoms with Crippen LogP contribution in [0.3, 0.4) is 0 Å². The Morgan fingerprint density at radius 3 is 2.65 bits per heavy atom. The number of carbonyl (C=O) groups excluding carboxylic acids is 1. The summed E-state index contributed by atoms with van der Waals surface area (Å²) in [7, 11) is 1.55. The Bertz CT molecular complexity index is 1420. The molecule has 7 nitrogen and oxygen atoms in total. The van der Waals surface area contributed by atoms with Crippen LogP contribution in [0.25, 0.3) is 16.6 Å². The van der Waals surface area contributed by atoms with E-state index in [4.69, 9.17) is 6.42 Å². The molecular formula is C24H20F3N5O2. The average Bonchev–Trinajstić information content (AvgIpc) is 3.30. The van der Waals surface area contributed by atoms with Crippen LogP contribution in [-0.4, -0.2) is 38.4 Å². The van der Waals surface area contributed by atoms with E-state index in [1.165, 1.54) is 30.0 Å². The molecule has 1 aliphatic rings. The molecular weight excluding hydrogens is 447 g/mol. The van der Waals surface area contributed by atoms with Crippen LogP contribution in [0.2, 0.25) is 0 Å². The van der Waals surface area contributed by atoms with Crippen molar-refractivity contribution in [3.63, 3.8) is 0 Å². The van der Waals surface area contributed by atoms with Crippen molar-refractivity contribution < 1.29 is 18.0 Å². The maximum atomic E-state index is 14.7. The molecule has 10 heteroatoms. The fourth-order valence-electron chi connectivity index (χ4n) is 3.91. The van der Waals surface area contributed by atoms with E-state index >= 15 is 0 Å². The summed E-state index contributed by atoms with van der Waals surface area (Å²) in [5.74, 6) is 1.37. The van der Waals surface area contributed by atoms with E-state index in [2.05, 4.69) is 21.2 Å². The third-order valence-corrected chi connectivity index (χ3v) is 5.77. The van der Waals surface area contributed by atoms with E-state index in [0.29, 0.717) is 28.7 Å². The number of aryl methyl sites for hydroxylation is 1. The first kappa shape index (κ1) is 23.0. The van der Waals surface area contributed by atoms with Gasteiger partial charge in [-0.15, -0.1) is 6.42 Å². The highest BCUT2D eigenvalue weighted by Gasteiger charge is 2.24. The van der Waals surface area contributed by atoms with Gasteiger partial charge in [-0.25, -0.2) is 23.1 Å². The Hall–Kier alpha value is -4.13. The molecule has 1 amide bonds. The molecule has 0 fully saturated rings. The first-order valence-corrected chi connectivity index (χ1v) is 10.3. The summed E-state index contributed by atoms with van der Waals surface area (Å²) in [5.41, 5.74) is 0.146. The van der Waals surface area contributed by atoms with Gasteiger partial charge in [-0.3, -0.25) is 14.2 Å². The van der Waals surface area contributed by atoms with E-state index in [9.17, 15) is 22.8 Å². The number of hydrogen-bond acceptors (Lipinski definition) is 5. The van der Waals surface area contributed by atoms with Crippen LogP contribution in [0.4, 0.5) is 19.0 Å². The van der Waals surface area contributed by atoms with Crippen LogP contribution in [0, 0.1) is 18.2 Å². The number of carbonyl (C=O) groups is 1. The van der Waals surface area contributed by atoms with E-state index < -0.39 is 23.8 Å². The Kier molecular flexibility index (Phi) is 6.11. The molecule has 1 aliphatic heterocycles. The van der Waals surface area contributed by atoms with Crippen molar-refractivity contribution in [2.24, 2.45) is 7.05 Å². The maximum absolute atomic E-state index is 14.7. The third kappa shape index (κ3) is 4.01. The summed E-state index contributed by atoms with van der Waals surface area (Å²) in [6.07, 6.45) is 5.63. The summed E-state index contributed by atoms with van der Waals surface area (Å²) < 4.78 is 42.4. The minimum Gasteiger partial charge on any atom is -0.352 e. The number of aromatic nitrogens is 3. The lowest BCUT2D eigenvalue weighted by Crippen LogP contribution is -2.27. The first-order valence-electron chi connectivity index (χ1n) is 10.3. The second-order valence-corrected chi connectivity index (χ2v) is 7.81. The van der Waals surface area contributed by atoms with Gasteiger partial charge >= 0.3 is 0 Å². The Morgan fingerprint density at radius 1 is 1.26 bits per heavy atom. The molecule has 0 saturated carbocycles. The number of alkyl halides is 2. The zero-order chi connectivity index (χ0) is 24.6. The van der Waals surface area contributed by atoms with E-state index in [1.54, 1.807) is 24.1 Å². The van der Waals surface area contributed by atoms with Crippen LogP contribution in [0.5, 0.6) is 0 Å². The number of pyridine rings is 1. The highest BCUT2D eigenvalue weighted by molar-refractivity contribution is 5.90. The summed E-state index contributed by atoms with van der Waals surface area (Å²) in [5, 5.41) is 3.34. The number of benzene rings is 1. The van der Waals surface area contributed by atoms with Crippen LogP contribution >= 0.6 is 0 Å². The van der Waals surface area contributed by atoms with Crippen LogP contribution in [0.15, 0.2) is 41.5 Å². The highest BCUT2D eigenvalue weighted by Crippen LogP contribution is 2.30. The van der Waals surface area contributed by atoms with Crippen molar-refractivity contribution in [3.05, 3.63) is 69.5 Å². The lowest BCUT2D eigenvalue weighted by atomic mass is 10.0. The van der Waals surface area contributed by atoms with E-state index in [1.807, 2.05) is 0 Å². The van der Waals surface area contributed by atoms with E-state index in [-0.39, 0.29) is 29.4 Å². The number of rotatable bonds is 5.